The van der Waals surface area contributed by atoms with Crippen LogP contribution in [0.2, 0.25) is 0 Å². The summed E-state index contributed by atoms with van der Waals surface area (Å²) in [6.45, 7) is 1.52. The Labute approximate surface area is 145 Å². The standard InChI is InChI=1S/C17H24BrN3O2/c18-13-10-15(19-11-13)16(22)20-14-6-8-21(9-7-14)17(23)12-4-2-1-3-5-12/h10-12,14,19H,1-9H2,(H,20,22). The van der Waals surface area contributed by atoms with E-state index < -0.39 is 0 Å². The Bertz CT molecular complexity index is 558. The molecule has 0 aromatic carbocycles. The molecule has 0 bridgehead atoms. The summed E-state index contributed by atoms with van der Waals surface area (Å²) in [5.74, 6) is 0.502. The average Bonchev–Trinajstić information content (AvgIpc) is 3.02. The van der Waals surface area contributed by atoms with Gasteiger partial charge in [0.1, 0.15) is 5.69 Å². The van der Waals surface area contributed by atoms with Crippen molar-refractivity contribution < 1.29 is 9.59 Å². The first-order valence-corrected chi connectivity index (χ1v) is 9.36. The van der Waals surface area contributed by atoms with Gasteiger partial charge in [0.05, 0.1) is 0 Å². The fraction of sp³-hybridized carbons (Fsp3) is 0.647. The second-order valence-electron chi connectivity index (χ2n) is 6.64. The highest BCUT2D eigenvalue weighted by molar-refractivity contribution is 9.10. The molecule has 2 N–H and O–H groups in total. The van der Waals surface area contributed by atoms with Gasteiger partial charge in [-0.3, -0.25) is 9.59 Å². The van der Waals surface area contributed by atoms with Crippen molar-refractivity contribution in [3.8, 4) is 0 Å². The van der Waals surface area contributed by atoms with Crippen LogP contribution in [0.15, 0.2) is 16.7 Å². The third-order valence-electron chi connectivity index (χ3n) is 4.99. The molecule has 6 heteroatoms. The van der Waals surface area contributed by atoms with E-state index in [1.54, 1.807) is 12.3 Å². The van der Waals surface area contributed by atoms with E-state index in [-0.39, 0.29) is 17.9 Å². The van der Waals surface area contributed by atoms with Crippen molar-refractivity contribution in [3.63, 3.8) is 0 Å². The number of aromatic amines is 1. The molecule has 5 nitrogen and oxygen atoms in total. The predicted octanol–water partition coefficient (Wildman–Crippen LogP) is 3.08. The molecule has 1 saturated heterocycles. The molecule has 2 amide bonds. The van der Waals surface area contributed by atoms with Gasteiger partial charge in [-0.1, -0.05) is 19.3 Å². The fourth-order valence-corrected chi connectivity index (χ4v) is 3.96. The van der Waals surface area contributed by atoms with Gasteiger partial charge in [0, 0.05) is 35.7 Å². The van der Waals surface area contributed by atoms with Crippen LogP contribution in [0.3, 0.4) is 0 Å². The smallest absolute Gasteiger partial charge is 0.267 e. The van der Waals surface area contributed by atoms with Crippen molar-refractivity contribution in [2.24, 2.45) is 5.92 Å². The molecule has 2 fully saturated rings. The topological polar surface area (TPSA) is 65.2 Å². The molecule has 0 radical (unpaired) electrons. The molecule has 0 unspecified atom stereocenters. The minimum atomic E-state index is -0.0762. The Hall–Kier alpha value is -1.30. The van der Waals surface area contributed by atoms with Crippen LogP contribution in [0, 0.1) is 5.92 Å². The maximum atomic E-state index is 12.5. The lowest BCUT2D eigenvalue weighted by Crippen LogP contribution is -2.48. The monoisotopic (exact) mass is 381 g/mol. The Balaban J connectivity index is 1.46. The van der Waals surface area contributed by atoms with Crippen molar-refractivity contribution in [2.45, 2.75) is 51.0 Å². The fourth-order valence-electron chi connectivity index (χ4n) is 3.61. The van der Waals surface area contributed by atoms with E-state index in [9.17, 15) is 9.59 Å². The number of nitrogens with zero attached hydrogens (tertiary/aromatic N) is 1. The van der Waals surface area contributed by atoms with Crippen molar-refractivity contribution in [1.29, 1.82) is 0 Å². The number of piperidine rings is 1. The molecule has 0 spiro atoms. The molecule has 1 aromatic heterocycles. The number of hydrogen-bond donors (Lipinski definition) is 2. The van der Waals surface area contributed by atoms with Gasteiger partial charge in [-0.25, -0.2) is 0 Å². The van der Waals surface area contributed by atoms with E-state index in [1.165, 1.54) is 19.3 Å². The van der Waals surface area contributed by atoms with Crippen molar-refractivity contribution in [1.82, 2.24) is 15.2 Å². The second-order valence-corrected chi connectivity index (χ2v) is 7.56. The number of H-pyrrole nitrogens is 1. The van der Waals surface area contributed by atoms with Gasteiger partial charge in [-0.2, -0.15) is 0 Å². The Morgan fingerprint density at radius 1 is 1.13 bits per heavy atom. The summed E-state index contributed by atoms with van der Waals surface area (Å²) in [4.78, 5) is 29.6. The van der Waals surface area contributed by atoms with E-state index in [2.05, 4.69) is 26.2 Å². The lowest BCUT2D eigenvalue weighted by atomic mass is 9.87. The summed E-state index contributed by atoms with van der Waals surface area (Å²) in [5.41, 5.74) is 0.567. The lowest BCUT2D eigenvalue weighted by molar-refractivity contribution is -0.137. The number of carbonyl (C=O) groups excluding carboxylic acids is 2. The number of likely N-dealkylation sites (tertiary alicyclic amines) is 1. The average molecular weight is 382 g/mol. The first kappa shape index (κ1) is 16.6. The molecular weight excluding hydrogens is 358 g/mol. The lowest BCUT2D eigenvalue weighted by Gasteiger charge is -2.35. The Morgan fingerprint density at radius 2 is 1.83 bits per heavy atom. The summed E-state index contributed by atoms with van der Waals surface area (Å²) >= 11 is 3.33. The van der Waals surface area contributed by atoms with Crippen LogP contribution in [-0.2, 0) is 4.79 Å². The van der Waals surface area contributed by atoms with Gasteiger partial charge in [0.15, 0.2) is 0 Å². The summed E-state index contributed by atoms with van der Waals surface area (Å²) in [7, 11) is 0. The number of nitrogens with one attached hydrogen (secondary N) is 2. The number of aromatic nitrogens is 1. The maximum Gasteiger partial charge on any atom is 0.267 e. The SMILES string of the molecule is O=C(NC1CCN(C(=O)C2CCCCC2)CC1)c1cc(Br)c[nH]1. The predicted molar refractivity (Wildman–Crippen MR) is 92.1 cm³/mol. The van der Waals surface area contributed by atoms with Crippen molar-refractivity contribution >= 4 is 27.7 Å². The van der Waals surface area contributed by atoms with Gasteiger partial charge in [-0.05, 0) is 47.7 Å². The van der Waals surface area contributed by atoms with Crippen molar-refractivity contribution in [3.05, 3.63) is 22.4 Å². The van der Waals surface area contributed by atoms with Crippen LogP contribution in [-0.4, -0.2) is 40.8 Å². The van der Waals surface area contributed by atoms with Crippen LogP contribution >= 0.6 is 15.9 Å². The second kappa shape index (κ2) is 7.51. The molecule has 126 valence electrons. The molecular formula is C17H24BrN3O2. The van der Waals surface area contributed by atoms with E-state index in [0.29, 0.717) is 11.6 Å². The molecule has 1 saturated carbocycles. The molecule has 0 atom stereocenters. The maximum absolute atomic E-state index is 12.5. The van der Waals surface area contributed by atoms with Gasteiger partial charge >= 0.3 is 0 Å². The highest BCUT2D eigenvalue weighted by atomic mass is 79.9. The first-order valence-electron chi connectivity index (χ1n) is 8.57. The minimum absolute atomic E-state index is 0.0762. The van der Waals surface area contributed by atoms with Crippen molar-refractivity contribution in [2.75, 3.05) is 13.1 Å². The number of rotatable bonds is 3. The summed E-state index contributed by atoms with van der Waals surface area (Å²) in [6, 6.07) is 1.93. The zero-order valence-corrected chi connectivity index (χ0v) is 14.9. The number of halogens is 1. The van der Waals surface area contributed by atoms with E-state index >= 15 is 0 Å². The van der Waals surface area contributed by atoms with Crippen LogP contribution in [0.4, 0.5) is 0 Å². The molecule has 3 rings (SSSR count). The molecule has 1 aliphatic heterocycles. The van der Waals surface area contributed by atoms with Gasteiger partial charge < -0.3 is 15.2 Å². The summed E-state index contributed by atoms with van der Waals surface area (Å²) in [5, 5.41) is 3.06. The molecule has 1 aromatic rings. The quantitative estimate of drug-likeness (QED) is 0.844. The van der Waals surface area contributed by atoms with Gasteiger partial charge in [-0.15, -0.1) is 0 Å². The molecule has 1 aliphatic carbocycles. The van der Waals surface area contributed by atoms with Crippen LogP contribution in [0.25, 0.3) is 0 Å². The van der Waals surface area contributed by atoms with E-state index in [4.69, 9.17) is 0 Å². The molecule has 23 heavy (non-hydrogen) atoms. The Kier molecular flexibility index (Phi) is 5.41. The third-order valence-corrected chi connectivity index (χ3v) is 5.45. The first-order chi connectivity index (χ1) is 11.1. The third kappa shape index (κ3) is 4.16. The van der Waals surface area contributed by atoms with E-state index in [1.807, 2.05) is 4.90 Å². The highest BCUT2D eigenvalue weighted by Gasteiger charge is 2.29. The molecule has 2 heterocycles. The Morgan fingerprint density at radius 3 is 2.43 bits per heavy atom. The largest absolute Gasteiger partial charge is 0.356 e. The van der Waals surface area contributed by atoms with Crippen LogP contribution in [0.5, 0.6) is 0 Å². The zero-order valence-electron chi connectivity index (χ0n) is 13.3. The summed E-state index contributed by atoms with van der Waals surface area (Å²) in [6.07, 6.45) is 9.18. The van der Waals surface area contributed by atoms with Crippen LogP contribution < -0.4 is 5.32 Å². The van der Waals surface area contributed by atoms with Crippen LogP contribution in [0.1, 0.15) is 55.4 Å². The van der Waals surface area contributed by atoms with E-state index in [0.717, 1.165) is 43.2 Å². The number of hydrogen-bond acceptors (Lipinski definition) is 2. The normalized spacial score (nSPS) is 20.5. The number of amides is 2. The zero-order chi connectivity index (χ0) is 16.2. The highest BCUT2D eigenvalue weighted by Crippen LogP contribution is 2.26. The minimum Gasteiger partial charge on any atom is -0.356 e. The van der Waals surface area contributed by atoms with Gasteiger partial charge in [0.25, 0.3) is 5.91 Å². The molecule has 2 aliphatic rings. The van der Waals surface area contributed by atoms with Gasteiger partial charge in [0.2, 0.25) is 5.91 Å². The number of carbonyl (C=O) groups is 2. The summed E-state index contributed by atoms with van der Waals surface area (Å²) < 4.78 is 0.871.